The summed E-state index contributed by atoms with van der Waals surface area (Å²) in [5, 5.41) is 8.95. The second-order valence-electron chi connectivity index (χ2n) is 4.35. The van der Waals surface area contributed by atoms with Gasteiger partial charge in [0.25, 0.3) is 0 Å². The van der Waals surface area contributed by atoms with Crippen LogP contribution in [0.3, 0.4) is 0 Å². The van der Waals surface area contributed by atoms with Crippen molar-refractivity contribution < 1.29 is 9.90 Å². The van der Waals surface area contributed by atoms with Crippen molar-refractivity contribution in [1.82, 2.24) is 4.98 Å². The van der Waals surface area contributed by atoms with Crippen LogP contribution >= 0.6 is 39.0 Å². The molecular formula is C15H10BrNO2S2. The van der Waals surface area contributed by atoms with Gasteiger partial charge in [0.05, 0.1) is 15.8 Å². The van der Waals surface area contributed by atoms with E-state index in [1.807, 2.05) is 24.3 Å². The van der Waals surface area contributed by atoms with Crippen LogP contribution in [0.15, 0.2) is 51.3 Å². The molecule has 2 aromatic carbocycles. The highest BCUT2D eigenvalue weighted by Crippen LogP contribution is 2.33. The molecule has 1 N–H and O–H groups in total. The number of benzene rings is 2. The number of halogens is 1. The Bertz CT molecular complexity index is 783. The van der Waals surface area contributed by atoms with Crippen molar-refractivity contribution in [3.63, 3.8) is 0 Å². The molecule has 3 rings (SSSR count). The van der Waals surface area contributed by atoms with Crippen molar-refractivity contribution in [2.45, 2.75) is 10.1 Å². The number of carbonyl (C=O) groups is 1. The number of rotatable bonds is 4. The van der Waals surface area contributed by atoms with E-state index in [1.165, 1.54) is 4.70 Å². The van der Waals surface area contributed by atoms with Crippen molar-refractivity contribution in [3.8, 4) is 0 Å². The monoisotopic (exact) mass is 379 g/mol. The zero-order valence-electron chi connectivity index (χ0n) is 10.7. The van der Waals surface area contributed by atoms with Crippen LogP contribution in [0.1, 0.15) is 15.9 Å². The van der Waals surface area contributed by atoms with E-state index in [0.717, 1.165) is 25.6 Å². The molecule has 0 aliphatic heterocycles. The lowest BCUT2D eigenvalue weighted by atomic mass is 10.1. The van der Waals surface area contributed by atoms with Crippen molar-refractivity contribution in [3.05, 3.63) is 58.1 Å². The Kier molecular flexibility index (Phi) is 4.28. The van der Waals surface area contributed by atoms with Crippen LogP contribution in [0, 0.1) is 0 Å². The third-order valence-corrected chi connectivity index (χ3v) is 5.89. The van der Waals surface area contributed by atoms with Gasteiger partial charge in [-0.2, -0.15) is 0 Å². The first-order valence-corrected chi connectivity index (χ1v) is 8.73. The van der Waals surface area contributed by atoms with Crippen LogP contribution in [0.4, 0.5) is 0 Å². The van der Waals surface area contributed by atoms with E-state index in [-0.39, 0.29) is 5.56 Å². The van der Waals surface area contributed by atoms with Crippen LogP contribution in [0.5, 0.6) is 0 Å². The standard InChI is InChI=1S/C15H10BrNO2S2/c16-11-7-9(14(18)19)5-6-10(11)8-20-15-17-12-3-1-2-4-13(12)21-15/h1-7H,8H2,(H,18,19). The van der Waals surface area contributed by atoms with Gasteiger partial charge in [-0.1, -0.05) is 45.9 Å². The van der Waals surface area contributed by atoms with Gasteiger partial charge in [0.15, 0.2) is 4.34 Å². The number of hydrogen-bond acceptors (Lipinski definition) is 4. The lowest BCUT2D eigenvalue weighted by Crippen LogP contribution is -1.96. The summed E-state index contributed by atoms with van der Waals surface area (Å²) >= 11 is 6.76. The highest BCUT2D eigenvalue weighted by molar-refractivity contribution is 9.10. The number of aromatic carboxylic acids is 1. The van der Waals surface area contributed by atoms with Crippen molar-refractivity contribution in [2.75, 3.05) is 0 Å². The number of thiazole rings is 1. The van der Waals surface area contributed by atoms with Gasteiger partial charge >= 0.3 is 5.97 Å². The molecule has 1 aromatic heterocycles. The zero-order chi connectivity index (χ0) is 14.8. The predicted octanol–water partition coefficient (Wildman–Crippen LogP) is 5.05. The van der Waals surface area contributed by atoms with Gasteiger partial charge in [-0.15, -0.1) is 11.3 Å². The number of carboxylic acids is 1. The summed E-state index contributed by atoms with van der Waals surface area (Å²) in [4.78, 5) is 15.5. The van der Waals surface area contributed by atoms with E-state index in [9.17, 15) is 4.79 Å². The van der Waals surface area contributed by atoms with E-state index in [4.69, 9.17) is 5.11 Å². The number of hydrogen-bond donors (Lipinski definition) is 1. The minimum atomic E-state index is -0.916. The highest BCUT2D eigenvalue weighted by atomic mass is 79.9. The molecule has 0 aliphatic carbocycles. The van der Waals surface area contributed by atoms with Gasteiger partial charge in [0.1, 0.15) is 0 Å². The van der Waals surface area contributed by atoms with Crippen LogP contribution < -0.4 is 0 Å². The minimum absolute atomic E-state index is 0.288. The molecule has 106 valence electrons. The predicted molar refractivity (Wildman–Crippen MR) is 90.3 cm³/mol. The Morgan fingerprint density at radius 3 is 2.81 bits per heavy atom. The molecule has 0 saturated carbocycles. The number of para-hydroxylation sites is 1. The van der Waals surface area contributed by atoms with Crippen LogP contribution in [0.25, 0.3) is 10.2 Å². The number of aromatic nitrogens is 1. The lowest BCUT2D eigenvalue weighted by molar-refractivity contribution is 0.0697. The number of carboxylic acid groups (broad SMARTS) is 1. The molecule has 21 heavy (non-hydrogen) atoms. The smallest absolute Gasteiger partial charge is 0.335 e. The Labute approximate surface area is 138 Å². The number of thioether (sulfide) groups is 1. The molecule has 0 aliphatic rings. The summed E-state index contributed by atoms with van der Waals surface area (Å²) in [5.41, 5.74) is 2.37. The summed E-state index contributed by atoms with van der Waals surface area (Å²) in [6, 6.07) is 13.2. The first kappa shape index (κ1) is 14.6. The van der Waals surface area contributed by atoms with Crippen molar-refractivity contribution in [2.24, 2.45) is 0 Å². The van der Waals surface area contributed by atoms with Gasteiger partial charge in [-0.25, -0.2) is 9.78 Å². The molecule has 0 unspecified atom stereocenters. The first-order chi connectivity index (χ1) is 10.1. The van der Waals surface area contributed by atoms with Crippen LogP contribution in [-0.2, 0) is 5.75 Å². The maximum Gasteiger partial charge on any atom is 0.335 e. The average molecular weight is 380 g/mol. The summed E-state index contributed by atoms with van der Waals surface area (Å²) in [7, 11) is 0. The Morgan fingerprint density at radius 1 is 1.29 bits per heavy atom. The van der Waals surface area contributed by atoms with E-state index < -0.39 is 5.97 Å². The van der Waals surface area contributed by atoms with Gasteiger partial charge in [-0.3, -0.25) is 0 Å². The molecule has 3 aromatic rings. The fourth-order valence-corrected chi connectivity index (χ4v) is 4.63. The maximum atomic E-state index is 10.9. The average Bonchev–Trinajstić information content (AvgIpc) is 2.88. The van der Waals surface area contributed by atoms with E-state index in [0.29, 0.717) is 0 Å². The van der Waals surface area contributed by atoms with E-state index >= 15 is 0 Å². The third kappa shape index (κ3) is 3.28. The fraction of sp³-hybridized carbons (Fsp3) is 0.0667. The molecule has 6 heteroatoms. The minimum Gasteiger partial charge on any atom is -0.478 e. The SMILES string of the molecule is O=C(O)c1ccc(CSc2nc3ccccc3s2)c(Br)c1. The van der Waals surface area contributed by atoms with Crippen molar-refractivity contribution in [1.29, 1.82) is 0 Å². The van der Waals surface area contributed by atoms with E-state index in [2.05, 4.69) is 27.0 Å². The molecule has 0 atom stereocenters. The second-order valence-corrected chi connectivity index (χ2v) is 7.45. The summed E-state index contributed by atoms with van der Waals surface area (Å²) < 4.78 is 3.02. The molecule has 1 heterocycles. The maximum absolute atomic E-state index is 10.9. The van der Waals surface area contributed by atoms with Gasteiger partial charge in [-0.05, 0) is 29.8 Å². The van der Waals surface area contributed by atoms with Gasteiger partial charge < -0.3 is 5.11 Å². The highest BCUT2D eigenvalue weighted by Gasteiger charge is 2.09. The Morgan fingerprint density at radius 2 is 2.10 bits per heavy atom. The zero-order valence-corrected chi connectivity index (χ0v) is 14.0. The molecule has 0 saturated heterocycles. The molecule has 0 spiro atoms. The normalized spacial score (nSPS) is 10.9. The Hall–Kier alpha value is -1.37. The molecular weight excluding hydrogens is 370 g/mol. The van der Waals surface area contributed by atoms with Crippen molar-refractivity contribution >= 4 is 55.2 Å². The van der Waals surface area contributed by atoms with Crippen LogP contribution in [0.2, 0.25) is 0 Å². The topological polar surface area (TPSA) is 50.2 Å². The molecule has 0 amide bonds. The molecule has 0 radical (unpaired) electrons. The third-order valence-electron chi connectivity index (χ3n) is 2.93. The molecule has 0 bridgehead atoms. The fourth-order valence-electron chi connectivity index (χ4n) is 1.85. The quantitative estimate of drug-likeness (QED) is 0.644. The van der Waals surface area contributed by atoms with Gasteiger partial charge in [0.2, 0.25) is 0 Å². The number of nitrogens with zero attached hydrogens (tertiary/aromatic N) is 1. The molecule has 3 nitrogen and oxygen atoms in total. The second kappa shape index (κ2) is 6.17. The summed E-state index contributed by atoms with van der Waals surface area (Å²) in [6.07, 6.45) is 0. The Balaban J connectivity index is 1.76. The van der Waals surface area contributed by atoms with E-state index in [1.54, 1.807) is 35.2 Å². The van der Waals surface area contributed by atoms with Gasteiger partial charge in [0, 0.05) is 10.2 Å². The summed E-state index contributed by atoms with van der Waals surface area (Å²) in [5.74, 6) is -0.165. The molecule has 0 fully saturated rings. The first-order valence-electron chi connectivity index (χ1n) is 6.13. The number of fused-ring (bicyclic) bond motifs is 1. The largest absolute Gasteiger partial charge is 0.478 e. The summed E-state index contributed by atoms with van der Waals surface area (Å²) in [6.45, 7) is 0. The van der Waals surface area contributed by atoms with Crippen LogP contribution in [-0.4, -0.2) is 16.1 Å². The lowest BCUT2D eigenvalue weighted by Gasteiger charge is -2.04.